The van der Waals surface area contributed by atoms with Gasteiger partial charge in [-0.1, -0.05) is 38.8 Å². The summed E-state index contributed by atoms with van der Waals surface area (Å²) >= 11 is 0. The van der Waals surface area contributed by atoms with Gasteiger partial charge < -0.3 is 5.32 Å². The molecule has 0 atom stereocenters. The average molecular weight is 320 g/mol. The van der Waals surface area contributed by atoms with Gasteiger partial charge in [-0.15, -0.1) is 0 Å². The molecule has 23 heavy (non-hydrogen) atoms. The normalized spacial score (nSPS) is 16.6. The molecule has 2 rings (SSSR count). The minimum atomic E-state index is -0.914. The second-order valence-electron chi connectivity index (χ2n) is 5.84. The maximum atomic E-state index is 13.2. The summed E-state index contributed by atoms with van der Waals surface area (Å²) in [5, 5.41) is 2.75. The number of carbonyl (C=O) groups is 3. The van der Waals surface area contributed by atoms with E-state index in [9.17, 15) is 18.8 Å². The molecule has 1 fully saturated rings. The molecule has 0 unspecified atom stereocenters. The van der Waals surface area contributed by atoms with Crippen LogP contribution in [0.15, 0.2) is 24.3 Å². The van der Waals surface area contributed by atoms with Crippen LogP contribution < -0.4 is 5.32 Å². The Kier molecular flexibility index (Phi) is 5.13. The first-order valence-electron chi connectivity index (χ1n) is 7.86. The van der Waals surface area contributed by atoms with Crippen molar-refractivity contribution in [2.24, 2.45) is 0 Å². The smallest absolute Gasteiger partial charge is 0.323 e. The summed E-state index contributed by atoms with van der Waals surface area (Å²) in [6, 6.07) is 4.67. The van der Waals surface area contributed by atoms with Gasteiger partial charge in [0.05, 0.1) is 6.54 Å². The Bertz CT molecular complexity index is 624. The highest BCUT2D eigenvalue weighted by atomic mass is 19.1. The lowest BCUT2D eigenvalue weighted by Gasteiger charge is -2.25. The highest BCUT2D eigenvalue weighted by Crippen LogP contribution is 2.28. The van der Waals surface area contributed by atoms with E-state index >= 15 is 0 Å². The molecule has 124 valence electrons. The van der Waals surface area contributed by atoms with Crippen molar-refractivity contribution in [1.82, 2.24) is 10.2 Å². The molecule has 0 radical (unpaired) electrons. The van der Waals surface area contributed by atoms with Crippen molar-refractivity contribution in [2.45, 2.75) is 45.1 Å². The molecule has 1 heterocycles. The van der Waals surface area contributed by atoms with Gasteiger partial charge >= 0.3 is 6.03 Å². The zero-order valence-corrected chi connectivity index (χ0v) is 13.4. The Balaban J connectivity index is 2.18. The van der Waals surface area contributed by atoms with Crippen LogP contribution in [-0.4, -0.2) is 34.7 Å². The molecule has 1 aliphatic rings. The number of nitrogens with one attached hydrogen (secondary N) is 1. The van der Waals surface area contributed by atoms with Gasteiger partial charge in [0, 0.05) is 5.56 Å². The van der Waals surface area contributed by atoms with Crippen molar-refractivity contribution in [1.29, 1.82) is 0 Å². The zero-order chi connectivity index (χ0) is 17.0. The van der Waals surface area contributed by atoms with Gasteiger partial charge in [-0.3, -0.25) is 14.5 Å². The van der Waals surface area contributed by atoms with E-state index < -0.39 is 23.2 Å². The molecule has 0 saturated carbocycles. The molecular formula is C17H21FN2O3. The summed E-state index contributed by atoms with van der Waals surface area (Å²) < 4.78 is 13.2. The number of hydrogen-bond acceptors (Lipinski definition) is 3. The summed E-state index contributed by atoms with van der Waals surface area (Å²) in [6.45, 7) is 3.51. The summed E-state index contributed by atoms with van der Waals surface area (Å²) in [5.41, 5.74) is -0.767. The Morgan fingerprint density at radius 3 is 2.43 bits per heavy atom. The summed E-state index contributed by atoms with van der Waals surface area (Å²) in [5.74, 6) is -1.35. The molecule has 0 spiro atoms. The number of benzene rings is 1. The Morgan fingerprint density at radius 1 is 1.22 bits per heavy atom. The molecule has 0 aromatic heterocycles. The first-order valence-corrected chi connectivity index (χ1v) is 7.86. The number of Topliss-reactive ketones (excluding diaryl/α,β-unsaturated/α-hetero) is 1. The molecule has 3 amide bonds. The number of halogens is 1. The van der Waals surface area contributed by atoms with E-state index in [-0.39, 0.29) is 18.0 Å². The van der Waals surface area contributed by atoms with Crippen molar-refractivity contribution in [3.8, 4) is 0 Å². The van der Waals surface area contributed by atoms with Crippen LogP contribution >= 0.6 is 0 Å². The predicted octanol–water partition coefficient (Wildman–Crippen LogP) is 2.90. The van der Waals surface area contributed by atoms with Gasteiger partial charge in [0.1, 0.15) is 11.4 Å². The molecule has 1 aromatic rings. The Hall–Kier alpha value is -2.24. The fourth-order valence-electron chi connectivity index (χ4n) is 3.03. The second kappa shape index (κ2) is 6.89. The Labute approximate surface area is 134 Å². The van der Waals surface area contributed by atoms with Crippen LogP contribution in [0, 0.1) is 5.82 Å². The highest BCUT2D eigenvalue weighted by Gasteiger charge is 2.50. The third kappa shape index (κ3) is 3.41. The highest BCUT2D eigenvalue weighted by molar-refractivity contribution is 6.11. The monoisotopic (exact) mass is 320 g/mol. The van der Waals surface area contributed by atoms with Crippen molar-refractivity contribution >= 4 is 17.7 Å². The second-order valence-corrected chi connectivity index (χ2v) is 5.84. The van der Waals surface area contributed by atoms with Crippen LogP contribution in [0.4, 0.5) is 9.18 Å². The lowest BCUT2D eigenvalue weighted by atomic mass is 9.88. The van der Waals surface area contributed by atoms with Crippen molar-refractivity contribution in [3.63, 3.8) is 0 Å². The van der Waals surface area contributed by atoms with E-state index in [4.69, 9.17) is 0 Å². The minimum absolute atomic E-state index is 0.147. The molecule has 0 aliphatic carbocycles. The predicted molar refractivity (Wildman–Crippen MR) is 83.5 cm³/mol. The van der Waals surface area contributed by atoms with E-state index in [1.807, 2.05) is 13.8 Å². The molecule has 5 nitrogen and oxygen atoms in total. The number of imide groups is 1. The largest absolute Gasteiger partial charge is 0.325 e. The lowest BCUT2D eigenvalue weighted by Crippen LogP contribution is -2.47. The molecule has 1 aliphatic heterocycles. The van der Waals surface area contributed by atoms with Gasteiger partial charge in [0.15, 0.2) is 5.78 Å². The quantitative estimate of drug-likeness (QED) is 0.620. The fourth-order valence-corrected chi connectivity index (χ4v) is 3.03. The van der Waals surface area contributed by atoms with Gasteiger partial charge in [0.25, 0.3) is 5.91 Å². The number of ketones is 1. The first-order chi connectivity index (χ1) is 10.9. The number of carbonyl (C=O) groups excluding carboxylic acids is 3. The third-order valence-electron chi connectivity index (χ3n) is 4.05. The van der Waals surface area contributed by atoms with E-state index in [1.54, 1.807) is 0 Å². The maximum absolute atomic E-state index is 13.2. The standard InChI is InChI=1S/C17H21FN2O3/c1-3-8-17(9-4-2)15(22)20(16(23)19-17)11-14(21)12-6-5-7-13(18)10-12/h5-7,10H,3-4,8-9,11H2,1-2H3,(H,19,23). The van der Waals surface area contributed by atoms with Crippen molar-refractivity contribution in [3.05, 3.63) is 35.6 Å². The molecule has 0 bridgehead atoms. The number of nitrogens with zero attached hydrogens (tertiary/aromatic N) is 1. The molecule has 1 saturated heterocycles. The average Bonchev–Trinajstić information content (AvgIpc) is 2.72. The minimum Gasteiger partial charge on any atom is -0.323 e. The van der Waals surface area contributed by atoms with Crippen LogP contribution in [0.5, 0.6) is 0 Å². The first kappa shape index (κ1) is 17.1. The van der Waals surface area contributed by atoms with Crippen LogP contribution in [-0.2, 0) is 4.79 Å². The number of urea groups is 1. The van der Waals surface area contributed by atoms with Crippen molar-refractivity contribution < 1.29 is 18.8 Å². The summed E-state index contributed by atoms with van der Waals surface area (Å²) in [6.07, 6.45) is 2.57. The van der Waals surface area contributed by atoms with Gasteiger partial charge in [-0.2, -0.15) is 0 Å². The van der Waals surface area contributed by atoms with E-state index in [0.717, 1.165) is 23.8 Å². The van der Waals surface area contributed by atoms with Crippen LogP contribution in [0.3, 0.4) is 0 Å². The fraction of sp³-hybridized carbons (Fsp3) is 0.471. The van der Waals surface area contributed by atoms with Gasteiger partial charge in [0.2, 0.25) is 0 Å². The SMILES string of the molecule is CCCC1(CCC)NC(=O)N(CC(=O)c2cccc(F)c2)C1=O. The number of amides is 3. The third-order valence-corrected chi connectivity index (χ3v) is 4.05. The molecular weight excluding hydrogens is 299 g/mol. The molecule has 1 aromatic carbocycles. The van der Waals surface area contributed by atoms with Crippen molar-refractivity contribution in [2.75, 3.05) is 6.54 Å². The topological polar surface area (TPSA) is 66.5 Å². The molecule has 1 N–H and O–H groups in total. The van der Waals surface area contributed by atoms with E-state index in [0.29, 0.717) is 12.8 Å². The van der Waals surface area contributed by atoms with Gasteiger partial charge in [-0.25, -0.2) is 9.18 Å². The molecule has 6 heteroatoms. The van der Waals surface area contributed by atoms with E-state index in [2.05, 4.69) is 5.32 Å². The maximum Gasteiger partial charge on any atom is 0.325 e. The zero-order valence-electron chi connectivity index (χ0n) is 13.4. The summed E-state index contributed by atoms with van der Waals surface area (Å²) in [4.78, 5) is 38.0. The van der Waals surface area contributed by atoms with Gasteiger partial charge in [-0.05, 0) is 25.0 Å². The lowest BCUT2D eigenvalue weighted by molar-refractivity contribution is -0.131. The van der Waals surface area contributed by atoms with E-state index in [1.165, 1.54) is 18.2 Å². The van der Waals surface area contributed by atoms with Crippen LogP contribution in [0.1, 0.15) is 49.9 Å². The number of rotatable bonds is 7. The Morgan fingerprint density at radius 2 is 1.87 bits per heavy atom. The summed E-state index contributed by atoms with van der Waals surface area (Å²) in [7, 11) is 0. The van der Waals surface area contributed by atoms with Crippen LogP contribution in [0.2, 0.25) is 0 Å². The van der Waals surface area contributed by atoms with Crippen LogP contribution in [0.25, 0.3) is 0 Å². The number of hydrogen-bond donors (Lipinski definition) is 1.